The molecular formula is C29H30N4O5. The van der Waals surface area contributed by atoms with Crippen molar-refractivity contribution in [3.63, 3.8) is 0 Å². The quantitative estimate of drug-likeness (QED) is 0.297. The van der Waals surface area contributed by atoms with E-state index in [2.05, 4.69) is 28.1 Å². The smallest absolute Gasteiger partial charge is 0.408 e. The fourth-order valence-corrected chi connectivity index (χ4v) is 5.29. The summed E-state index contributed by atoms with van der Waals surface area (Å²) in [6.07, 6.45) is 0.185. The highest BCUT2D eigenvalue weighted by molar-refractivity contribution is 6.02. The van der Waals surface area contributed by atoms with Crippen LogP contribution < -0.4 is 21.7 Å². The molecule has 2 aliphatic rings. The number of hydrogen-bond acceptors (Lipinski definition) is 5. The molecule has 0 radical (unpaired) electrons. The summed E-state index contributed by atoms with van der Waals surface area (Å²) in [6.45, 7) is 0.317. The van der Waals surface area contributed by atoms with Crippen LogP contribution in [-0.2, 0) is 16.1 Å². The van der Waals surface area contributed by atoms with Crippen LogP contribution in [0.25, 0.3) is 11.1 Å². The van der Waals surface area contributed by atoms with Gasteiger partial charge in [-0.1, -0.05) is 60.7 Å². The van der Waals surface area contributed by atoms with Crippen LogP contribution in [0.4, 0.5) is 15.3 Å². The standard InChI is InChI=1S/C29H30N4O5/c30-27(36)31-14-13-19-15-29(19,26(35)32-20-11-9-18(16-34)10-12-20)33-28(37)38-17-25-23-7-3-1-5-21(23)22-6-2-4-8-24(22)25/h1-12,19,25,34H,13-17H2,(H,32,35)(H,33,37)(H3,30,31,36). The van der Waals surface area contributed by atoms with Gasteiger partial charge < -0.3 is 31.5 Å². The van der Waals surface area contributed by atoms with Crippen LogP contribution >= 0.6 is 0 Å². The molecule has 196 valence electrons. The summed E-state index contributed by atoms with van der Waals surface area (Å²) in [5.41, 5.74) is 9.71. The largest absolute Gasteiger partial charge is 0.449 e. The second-order valence-electron chi connectivity index (χ2n) is 9.71. The number of nitrogens with two attached hydrogens (primary N) is 1. The van der Waals surface area contributed by atoms with Gasteiger partial charge in [-0.25, -0.2) is 9.59 Å². The molecule has 6 N–H and O–H groups in total. The lowest BCUT2D eigenvalue weighted by Crippen LogP contribution is -2.48. The summed E-state index contributed by atoms with van der Waals surface area (Å²) < 4.78 is 5.69. The van der Waals surface area contributed by atoms with E-state index in [-0.39, 0.29) is 37.5 Å². The highest BCUT2D eigenvalue weighted by atomic mass is 16.5. The van der Waals surface area contributed by atoms with Crippen LogP contribution in [-0.4, -0.2) is 41.8 Å². The fourth-order valence-electron chi connectivity index (χ4n) is 5.29. The summed E-state index contributed by atoms with van der Waals surface area (Å²) in [5, 5.41) is 17.4. The molecule has 0 spiro atoms. The van der Waals surface area contributed by atoms with Gasteiger partial charge in [0, 0.05) is 18.2 Å². The molecule has 2 unspecified atom stereocenters. The number of carbonyl (C=O) groups excluding carboxylic acids is 3. The van der Waals surface area contributed by atoms with E-state index in [0.717, 1.165) is 27.8 Å². The molecule has 0 heterocycles. The molecule has 2 atom stereocenters. The minimum absolute atomic E-state index is 0.0993. The van der Waals surface area contributed by atoms with Gasteiger partial charge in [0.25, 0.3) is 5.91 Å². The van der Waals surface area contributed by atoms with Crippen LogP contribution in [0.1, 0.15) is 35.4 Å². The molecule has 4 amide bonds. The zero-order valence-electron chi connectivity index (χ0n) is 20.8. The van der Waals surface area contributed by atoms with Crippen molar-refractivity contribution in [2.24, 2.45) is 11.7 Å². The van der Waals surface area contributed by atoms with Gasteiger partial charge in [0.05, 0.1) is 6.61 Å². The first-order valence-corrected chi connectivity index (χ1v) is 12.6. The van der Waals surface area contributed by atoms with Crippen molar-refractivity contribution >= 4 is 23.7 Å². The van der Waals surface area contributed by atoms with E-state index in [1.54, 1.807) is 24.3 Å². The van der Waals surface area contributed by atoms with Gasteiger partial charge in [0.2, 0.25) is 0 Å². The number of aliphatic hydroxyl groups excluding tert-OH is 1. The minimum Gasteiger partial charge on any atom is -0.449 e. The molecule has 2 aliphatic carbocycles. The number of hydrogen-bond donors (Lipinski definition) is 5. The third-order valence-corrected chi connectivity index (χ3v) is 7.37. The van der Waals surface area contributed by atoms with E-state index < -0.39 is 17.7 Å². The first kappa shape index (κ1) is 25.3. The Hall–Kier alpha value is -4.37. The zero-order valence-corrected chi connectivity index (χ0v) is 20.8. The highest BCUT2D eigenvalue weighted by Crippen LogP contribution is 2.47. The molecular weight excluding hydrogens is 484 g/mol. The molecule has 1 fully saturated rings. The number of carbonyl (C=O) groups is 3. The van der Waals surface area contributed by atoms with E-state index in [0.29, 0.717) is 18.5 Å². The number of ether oxygens (including phenoxy) is 1. The topological polar surface area (TPSA) is 143 Å². The molecule has 9 heteroatoms. The van der Waals surface area contributed by atoms with Crippen molar-refractivity contribution in [3.05, 3.63) is 89.5 Å². The molecule has 3 aromatic rings. The number of primary amides is 1. The van der Waals surface area contributed by atoms with Gasteiger partial charge in [-0.15, -0.1) is 0 Å². The normalized spacial score (nSPS) is 19.1. The first-order chi connectivity index (χ1) is 18.4. The second kappa shape index (κ2) is 10.5. The molecule has 3 aromatic carbocycles. The van der Waals surface area contributed by atoms with Crippen molar-refractivity contribution < 1.29 is 24.2 Å². The molecule has 0 aromatic heterocycles. The number of rotatable bonds is 9. The van der Waals surface area contributed by atoms with E-state index in [1.165, 1.54) is 0 Å². The van der Waals surface area contributed by atoms with E-state index in [4.69, 9.17) is 10.5 Å². The number of amides is 4. The first-order valence-electron chi connectivity index (χ1n) is 12.6. The number of anilines is 1. The molecule has 38 heavy (non-hydrogen) atoms. The third-order valence-electron chi connectivity index (χ3n) is 7.37. The van der Waals surface area contributed by atoms with Crippen LogP contribution in [0.2, 0.25) is 0 Å². The maximum atomic E-state index is 13.3. The SMILES string of the molecule is NC(=O)NCCC1CC1(NC(=O)OCC1c2ccccc2-c2ccccc21)C(=O)Nc1ccc(CO)cc1. The van der Waals surface area contributed by atoms with E-state index >= 15 is 0 Å². The second-order valence-corrected chi connectivity index (χ2v) is 9.71. The molecule has 0 bridgehead atoms. The van der Waals surface area contributed by atoms with E-state index in [1.807, 2.05) is 36.4 Å². The van der Waals surface area contributed by atoms with Gasteiger partial charge in [-0.05, 0) is 58.7 Å². The molecule has 0 saturated heterocycles. The lowest BCUT2D eigenvalue weighted by atomic mass is 9.98. The predicted octanol–water partition coefficient (Wildman–Crippen LogP) is 3.47. The summed E-state index contributed by atoms with van der Waals surface area (Å²) >= 11 is 0. The zero-order chi connectivity index (χ0) is 26.7. The maximum absolute atomic E-state index is 13.3. The number of aliphatic hydroxyl groups is 1. The average Bonchev–Trinajstić information content (AvgIpc) is 3.52. The van der Waals surface area contributed by atoms with Crippen LogP contribution in [0.15, 0.2) is 72.8 Å². The summed E-state index contributed by atoms with van der Waals surface area (Å²) in [6, 6.07) is 22.3. The van der Waals surface area contributed by atoms with Crippen molar-refractivity contribution in [3.8, 4) is 11.1 Å². The van der Waals surface area contributed by atoms with Gasteiger partial charge in [-0.2, -0.15) is 0 Å². The fraction of sp³-hybridized carbons (Fsp3) is 0.276. The number of fused-ring (bicyclic) bond motifs is 3. The Kier molecular flexibility index (Phi) is 7.02. The molecule has 1 saturated carbocycles. The number of urea groups is 1. The molecule has 5 rings (SSSR count). The maximum Gasteiger partial charge on any atom is 0.408 e. The Labute approximate surface area is 220 Å². The Morgan fingerprint density at radius 1 is 0.947 bits per heavy atom. The van der Waals surface area contributed by atoms with Crippen LogP contribution in [0.5, 0.6) is 0 Å². The summed E-state index contributed by atoms with van der Waals surface area (Å²) in [4.78, 5) is 37.4. The number of nitrogens with one attached hydrogen (secondary N) is 3. The Morgan fingerprint density at radius 2 is 1.58 bits per heavy atom. The molecule has 0 aliphatic heterocycles. The van der Waals surface area contributed by atoms with Gasteiger partial charge in [-0.3, -0.25) is 4.79 Å². The van der Waals surface area contributed by atoms with Crippen molar-refractivity contribution in [2.75, 3.05) is 18.5 Å². The lowest BCUT2D eigenvalue weighted by Gasteiger charge is -2.21. The monoisotopic (exact) mass is 514 g/mol. The highest BCUT2D eigenvalue weighted by Gasteiger charge is 2.61. The molecule has 9 nitrogen and oxygen atoms in total. The van der Waals surface area contributed by atoms with Gasteiger partial charge >= 0.3 is 12.1 Å². The minimum atomic E-state index is -1.17. The Bertz CT molecular complexity index is 1310. The van der Waals surface area contributed by atoms with Crippen molar-refractivity contribution in [1.82, 2.24) is 10.6 Å². The van der Waals surface area contributed by atoms with Crippen molar-refractivity contribution in [1.29, 1.82) is 0 Å². The van der Waals surface area contributed by atoms with Gasteiger partial charge in [0.1, 0.15) is 12.1 Å². The summed E-state index contributed by atoms with van der Waals surface area (Å²) in [7, 11) is 0. The summed E-state index contributed by atoms with van der Waals surface area (Å²) in [5.74, 6) is -0.670. The van der Waals surface area contributed by atoms with Crippen molar-refractivity contribution in [2.45, 2.75) is 30.9 Å². The Morgan fingerprint density at radius 3 is 2.18 bits per heavy atom. The average molecular weight is 515 g/mol. The number of benzene rings is 3. The third kappa shape index (κ3) is 5.05. The van der Waals surface area contributed by atoms with E-state index in [9.17, 15) is 19.5 Å². The van der Waals surface area contributed by atoms with Crippen LogP contribution in [0.3, 0.4) is 0 Å². The lowest BCUT2D eigenvalue weighted by molar-refractivity contribution is -0.119. The van der Waals surface area contributed by atoms with Gasteiger partial charge in [0.15, 0.2) is 0 Å². The predicted molar refractivity (Wildman–Crippen MR) is 142 cm³/mol. The van der Waals surface area contributed by atoms with Crippen LogP contribution in [0, 0.1) is 5.92 Å². The number of alkyl carbamates (subject to hydrolysis) is 1. The Balaban J connectivity index is 1.27.